The molecule has 15 heavy (non-hydrogen) atoms. The van der Waals surface area contributed by atoms with E-state index in [1.807, 2.05) is 6.07 Å². The van der Waals surface area contributed by atoms with Crippen LogP contribution in [-0.2, 0) is 6.54 Å². The molecule has 0 aliphatic rings. The Morgan fingerprint density at radius 1 is 1.33 bits per heavy atom. The first-order valence-electron chi connectivity index (χ1n) is 4.36. The number of hydrogen-bond donors (Lipinski definition) is 1. The molecule has 2 heterocycles. The third kappa shape index (κ3) is 2.31. The summed E-state index contributed by atoms with van der Waals surface area (Å²) < 4.78 is 5.19. The van der Waals surface area contributed by atoms with Crippen LogP contribution in [0.2, 0.25) is 0 Å². The molecule has 2 aromatic rings. The lowest BCUT2D eigenvalue weighted by Crippen LogP contribution is -1.98. The Morgan fingerprint density at radius 2 is 2.13 bits per heavy atom. The number of hydrogen-bond acceptors (Lipinski definition) is 5. The van der Waals surface area contributed by atoms with Gasteiger partial charge in [0.25, 0.3) is 0 Å². The molecule has 1 N–H and O–H groups in total. The van der Waals surface area contributed by atoms with Crippen molar-refractivity contribution in [2.75, 3.05) is 5.32 Å². The fraction of sp³-hybridized carbons (Fsp3) is 0.100. The van der Waals surface area contributed by atoms with Crippen LogP contribution in [0.4, 0.5) is 5.69 Å². The van der Waals surface area contributed by atoms with Crippen LogP contribution in [0.1, 0.15) is 11.5 Å². The normalized spacial score (nSPS) is 9.53. The van der Waals surface area contributed by atoms with Crippen LogP contribution in [0.5, 0.6) is 0 Å². The fourth-order valence-corrected chi connectivity index (χ4v) is 1.11. The molecule has 0 saturated carbocycles. The Kier molecular flexibility index (Phi) is 2.61. The number of aromatic nitrogens is 2. The van der Waals surface area contributed by atoms with E-state index < -0.39 is 0 Å². The van der Waals surface area contributed by atoms with E-state index in [2.05, 4.69) is 15.3 Å². The van der Waals surface area contributed by atoms with Gasteiger partial charge in [-0.3, -0.25) is 0 Å². The van der Waals surface area contributed by atoms with Gasteiger partial charge in [-0.05, 0) is 12.1 Å². The summed E-state index contributed by atoms with van der Waals surface area (Å²) in [5.41, 5.74) is 0.812. The molecule has 5 nitrogen and oxygen atoms in total. The van der Waals surface area contributed by atoms with Crippen molar-refractivity contribution in [3.05, 3.63) is 42.4 Å². The second-order valence-corrected chi connectivity index (χ2v) is 2.86. The highest BCUT2D eigenvalue weighted by molar-refractivity contribution is 5.37. The molecule has 5 heteroatoms. The molecule has 0 bridgehead atoms. The number of rotatable bonds is 3. The largest absolute Gasteiger partial charge is 0.449 e. The first-order chi connectivity index (χ1) is 7.38. The lowest BCUT2D eigenvalue weighted by Gasteiger charge is -2.01. The molecule has 0 aliphatic heterocycles. The topological polar surface area (TPSA) is 74.7 Å². The van der Waals surface area contributed by atoms with Crippen LogP contribution in [0, 0.1) is 11.3 Å². The third-order valence-electron chi connectivity index (χ3n) is 1.80. The van der Waals surface area contributed by atoms with Gasteiger partial charge in [-0.2, -0.15) is 5.26 Å². The Balaban J connectivity index is 1.97. The summed E-state index contributed by atoms with van der Waals surface area (Å²) in [7, 11) is 0. The van der Waals surface area contributed by atoms with E-state index in [1.54, 1.807) is 24.5 Å². The van der Waals surface area contributed by atoms with Gasteiger partial charge in [0.05, 0.1) is 24.6 Å². The molecule has 2 rings (SSSR count). The Morgan fingerprint density at radius 3 is 2.80 bits per heavy atom. The Labute approximate surface area is 86.4 Å². The van der Waals surface area contributed by atoms with Gasteiger partial charge in [0.15, 0.2) is 0 Å². The minimum atomic E-state index is 0.316. The SMILES string of the molecule is N#Cc1ccc(CNc2cncnc2)o1. The first kappa shape index (κ1) is 9.21. The van der Waals surface area contributed by atoms with Crippen molar-refractivity contribution < 1.29 is 4.42 Å². The number of nitriles is 1. The van der Waals surface area contributed by atoms with Gasteiger partial charge < -0.3 is 9.73 Å². The third-order valence-corrected chi connectivity index (χ3v) is 1.80. The van der Waals surface area contributed by atoms with E-state index in [0.717, 1.165) is 5.69 Å². The fourth-order valence-electron chi connectivity index (χ4n) is 1.11. The molecule has 0 unspecified atom stereocenters. The van der Waals surface area contributed by atoms with Gasteiger partial charge in [0.1, 0.15) is 18.2 Å². The van der Waals surface area contributed by atoms with Crippen molar-refractivity contribution >= 4 is 5.69 Å². The minimum absolute atomic E-state index is 0.316. The zero-order valence-corrected chi connectivity index (χ0v) is 7.84. The Bertz CT molecular complexity index is 472. The highest BCUT2D eigenvalue weighted by Gasteiger charge is 2.00. The second kappa shape index (κ2) is 4.24. The number of nitrogens with zero attached hydrogens (tertiary/aromatic N) is 3. The van der Waals surface area contributed by atoms with E-state index in [9.17, 15) is 0 Å². The molecule has 2 aromatic heterocycles. The minimum Gasteiger partial charge on any atom is -0.449 e. The molecular formula is C10H8N4O. The van der Waals surface area contributed by atoms with E-state index in [1.165, 1.54) is 6.33 Å². The molecule has 0 spiro atoms. The average Bonchev–Trinajstić information content (AvgIpc) is 2.76. The monoisotopic (exact) mass is 200 g/mol. The number of nitrogens with one attached hydrogen (secondary N) is 1. The van der Waals surface area contributed by atoms with Crippen molar-refractivity contribution in [2.45, 2.75) is 6.54 Å². The van der Waals surface area contributed by atoms with Gasteiger partial charge in [-0.15, -0.1) is 0 Å². The van der Waals surface area contributed by atoms with Gasteiger partial charge in [-0.25, -0.2) is 9.97 Å². The molecular weight excluding hydrogens is 192 g/mol. The zero-order chi connectivity index (χ0) is 10.5. The van der Waals surface area contributed by atoms with E-state index >= 15 is 0 Å². The van der Waals surface area contributed by atoms with Crippen LogP contribution in [-0.4, -0.2) is 9.97 Å². The van der Waals surface area contributed by atoms with E-state index in [4.69, 9.17) is 9.68 Å². The summed E-state index contributed by atoms with van der Waals surface area (Å²) in [4.78, 5) is 7.72. The quantitative estimate of drug-likeness (QED) is 0.813. The van der Waals surface area contributed by atoms with Crippen LogP contribution < -0.4 is 5.32 Å². The maximum atomic E-state index is 8.55. The Hall–Kier alpha value is -2.35. The predicted molar refractivity (Wildman–Crippen MR) is 52.8 cm³/mol. The molecule has 0 aromatic carbocycles. The lowest BCUT2D eigenvalue weighted by molar-refractivity contribution is 0.506. The van der Waals surface area contributed by atoms with Crippen molar-refractivity contribution in [2.24, 2.45) is 0 Å². The van der Waals surface area contributed by atoms with E-state index in [-0.39, 0.29) is 0 Å². The van der Waals surface area contributed by atoms with Crippen LogP contribution >= 0.6 is 0 Å². The highest BCUT2D eigenvalue weighted by Crippen LogP contribution is 2.09. The summed E-state index contributed by atoms with van der Waals surface area (Å²) in [6.45, 7) is 0.509. The number of anilines is 1. The molecule has 74 valence electrons. The summed E-state index contributed by atoms with van der Waals surface area (Å²) in [5, 5.41) is 11.6. The van der Waals surface area contributed by atoms with Gasteiger partial charge in [-0.1, -0.05) is 0 Å². The predicted octanol–water partition coefficient (Wildman–Crippen LogP) is 1.55. The summed E-state index contributed by atoms with van der Waals surface area (Å²) in [6.07, 6.45) is 4.80. The van der Waals surface area contributed by atoms with Crippen molar-refractivity contribution in [3.8, 4) is 6.07 Å². The zero-order valence-electron chi connectivity index (χ0n) is 7.84. The number of furan rings is 1. The maximum Gasteiger partial charge on any atom is 0.203 e. The molecule has 0 fully saturated rings. The average molecular weight is 200 g/mol. The maximum absolute atomic E-state index is 8.55. The van der Waals surface area contributed by atoms with Crippen LogP contribution in [0.15, 0.2) is 35.3 Å². The molecule has 0 aliphatic carbocycles. The van der Waals surface area contributed by atoms with Crippen LogP contribution in [0.25, 0.3) is 0 Å². The molecule has 0 atom stereocenters. The molecule has 0 radical (unpaired) electrons. The van der Waals surface area contributed by atoms with Gasteiger partial charge in [0.2, 0.25) is 5.76 Å². The summed E-state index contributed by atoms with van der Waals surface area (Å²) in [5.74, 6) is 1.02. The smallest absolute Gasteiger partial charge is 0.203 e. The second-order valence-electron chi connectivity index (χ2n) is 2.86. The van der Waals surface area contributed by atoms with Gasteiger partial charge >= 0.3 is 0 Å². The molecule has 0 saturated heterocycles. The molecule has 0 amide bonds. The van der Waals surface area contributed by atoms with E-state index in [0.29, 0.717) is 18.1 Å². The van der Waals surface area contributed by atoms with Gasteiger partial charge in [0, 0.05) is 0 Å². The summed E-state index contributed by atoms with van der Waals surface area (Å²) >= 11 is 0. The first-order valence-corrected chi connectivity index (χ1v) is 4.36. The standard InChI is InChI=1S/C10H8N4O/c11-3-9-1-2-10(15-9)6-14-8-4-12-7-13-5-8/h1-2,4-5,7,14H,6H2. The summed E-state index contributed by atoms with van der Waals surface area (Å²) in [6, 6.07) is 5.32. The highest BCUT2D eigenvalue weighted by atomic mass is 16.3. The van der Waals surface area contributed by atoms with Crippen molar-refractivity contribution in [1.82, 2.24) is 9.97 Å². The van der Waals surface area contributed by atoms with Crippen molar-refractivity contribution in [3.63, 3.8) is 0 Å². The van der Waals surface area contributed by atoms with Crippen molar-refractivity contribution in [1.29, 1.82) is 5.26 Å². The lowest BCUT2D eigenvalue weighted by atomic mass is 10.4. The van der Waals surface area contributed by atoms with Crippen LogP contribution in [0.3, 0.4) is 0 Å².